The summed E-state index contributed by atoms with van der Waals surface area (Å²) in [5, 5.41) is 1.00. The van der Waals surface area contributed by atoms with Crippen LogP contribution in [0.5, 0.6) is 5.75 Å². The second kappa shape index (κ2) is 4.82. The molecule has 88 valence electrons. The normalized spacial score (nSPS) is 10.2. The Bertz CT molecular complexity index is 538. The van der Waals surface area contributed by atoms with Crippen molar-refractivity contribution in [3.63, 3.8) is 0 Å². The number of hydrogen-bond donors (Lipinski definition) is 0. The van der Waals surface area contributed by atoms with Crippen LogP contribution in [0.2, 0.25) is 0 Å². The van der Waals surface area contributed by atoms with Crippen LogP contribution in [0, 0.1) is 0 Å². The van der Waals surface area contributed by atoms with Crippen LogP contribution >= 0.6 is 0 Å². The molecule has 0 fully saturated rings. The predicted molar refractivity (Wildman–Crippen MR) is 65.9 cm³/mol. The van der Waals surface area contributed by atoms with Gasteiger partial charge in [-0.25, -0.2) is 0 Å². The van der Waals surface area contributed by atoms with E-state index in [1.807, 2.05) is 30.3 Å². The third kappa shape index (κ3) is 2.72. The molecule has 2 aromatic rings. The van der Waals surface area contributed by atoms with E-state index in [0.29, 0.717) is 5.75 Å². The monoisotopic (exact) mass is 230 g/mol. The molecule has 0 saturated heterocycles. The summed E-state index contributed by atoms with van der Waals surface area (Å²) in [5.74, 6) is 0.622. The zero-order valence-corrected chi connectivity index (χ0v) is 9.88. The molecular weight excluding hydrogens is 216 g/mol. The van der Waals surface area contributed by atoms with Gasteiger partial charge >= 0.3 is 0 Å². The molecule has 4 heteroatoms. The molecule has 4 nitrogen and oxygen atoms in total. The Hall–Kier alpha value is -2.10. The summed E-state index contributed by atoms with van der Waals surface area (Å²) < 4.78 is 5.42. The fourth-order valence-electron chi connectivity index (χ4n) is 1.42. The fourth-order valence-corrected chi connectivity index (χ4v) is 1.42. The number of benzene rings is 1. The highest BCUT2D eigenvalue weighted by atomic mass is 16.5. The quantitative estimate of drug-likeness (QED) is 0.806. The Morgan fingerprint density at radius 3 is 2.94 bits per heavy atom. The number of carbonyl (C=O) groups is 1. The van der Waals surface area contributed by atoms with Crippen molar-refractivity contribution < 1.29 is 9.53 Å². The van der Waals surface area contributed by atoms with Crippen molar-refractivity contribution in [1.82, 2.24) is 9.88 Å². The summed E-state index contributed by atoms with van der Waals surface area (Å²) in [6, 6.07) is 9.41. The van der Waals surface area contributed by atoms with Crippen molar-refractivity contribution in [2.24, 2.45) is 0 Å². The number of amides is 1. The van der Waals surface area contributed by atoms with Crippen LogP contribution < -0.4 is 4.74 Å². The predicted octanol–water partition coefficient (Wildman–Crippen LogP) is 1.70. The van der Waals surface area contributed by atoms with Gasteiger partial charge in [-0.3, -0.25) is 9.78 Å². The van der Waals surface area contributed by atoms with Gasteiger partial charge in [0.1, 0.15) is 5.75 Å². The van der Waals surface area contributed by atoms with E-state index in [9.17, 15) is 4.79 Å². The third-order valence-corrected chi connectivity index (χ3v) is 2.44. The Kier molecular flexibility index (Phi) is 3.23. The average Bonchev–Trinajstić information content (AvgIpc) is 2.35. The number of likely N-dealkylation sites (N-methyl/N-ethyl adjacent to an activating group) is 1. The number of carbonyl (C=O) groups excluding carboxylic acids is 1. The molecule has 0 atom stereocenters. The number of aromatic nitrogens is 1. The number of nitrogens with zero attached hydrogens (tertiary/aromatic N) is 2. The summed E-state index contributed by atoms with van der Waals surface area (Å²) in [4.78, 5) is 17.1. The Morgan fingerprint density at radius 1 is 1.35 bits per heavy atom. The average molecular weight is 230 g/mol. The summed E-state index contributed by atoms with van der Waals surface area (Å²) in [5.41, 5.74) is 0.916. The molecule has 1 amide bonds. The molecule has 0 spiro atoms. The van der Waals surface area contributed by atoms with Crippen LogP contribution in [0.15, 0.2) is 36.5 Å². The lowest BCUT2D eigenvalue weighted by molar-refractivity contribution is -0.130. The number of rotatable bonds is 3. The molecule has 0 aliphatic heterocycles. The highest BCUT2D eigenvalue weighted by molar-refractivity contribution is 5.80. The van der Waals surface area contributed by atoms with Gasteiger partial charge in [0, 0.05) is 25.7 Å². The summed E-state index contributed by atoms with van der Waals surface area (Å²) in [6.45, 7) is 0.0543. The minimum absolute atomic E-state index is 0.0543. The van der Waals surface area contributed by atoms with Crippen molar-refractivity contribution in [1.29, 1.82) is 0 Å². The molecule has 0 saturated carbocycles. The maximum Gasteiger partial charge on any atom is 0.259 e. The molecule has 17 heavy (non-hydrogen) atoms. The summed E-state index contributed by atoms with van der Waals surface area (Å²) >= 11 is 0. The zero-order chi connectivity index (χ0) is 12.3. The van der Waals surface area contributed by atoms with Crippen LogP contribution in [0.4, 0.5) is 0 Å². The topological polar surface area (TPSA) is 42.4 Å². The van der Waals surface area contributed by atoms with E-state index in [-0.39, 0.29) is 12.5 Å². The van der Waals surface area contributed by atoms with Crippen molar-refractivity contribution in [3.8, 4) is 5.75 Å². The molecule has 0 radical (unpaired) electrons. The molecular formula is C13H14N2O2. The molecule has 0 unspecified atom stereocenters. The van der Waals surface area contributed by atoms with Crippen LogP contribution in [-0.4, -0.2) is 36.5 Å². The molecule has 1 aromatic carbocycles. The second-order valence-electron chi connectivity index (χ2n) is 3.93. The Morgan fingerprint density at radius 2 is 2.18 bits per heavy atom. The zero-order valence-electron chi connectivity index (χ0n) is 9.88. The molecule has 0 aliphatic carbocycles. The first-order valence-corrected chi connectivity index (χ1v) is 5.34. The SMILES string of the molecule is CN(C)C(=O)COc1ccc2ncccc2c1. The van der Waals surface area contributed by atoms with Crippen molar-refractivity contribution in [3.05, 3.63) is 36.5 Å². The lowest BCUT2D eigenvalue weighted by atomic mass is 10.2. The van der Waals surface area contributed by atoms with Gasteiger partial charge in [0.15, 0.2) is 6.61 Å². The van der Waals surface area contributed by atoms with Gasteiger partial charge < -0.3 is 9.64 Å². The van der Waals surface area contributed by atoms with Gasteiger partial charge in [0.25, 0.3) is 5.91 Å². The van der Waals surface area contributed by atoms with Gasteiger partial charge in [0.2, 0.25) is 0 Å². The fraction of sp³-hybridized carbons (Fsp3) is 0.231. The maximum absolute atomic E-state index is 11.4. The molecule has 2 rings (SSSR count). The van der Waals surface area contributed by atoms with Crippen molar-refractivity contribution >= 4 is 16.8 Å². The number of fused-ring (bicyclic) bond motifs is 1. The highest BCUT2D eigenvalue weighted by Crippen LogP contribution is 2.18. The molecule has 0 bridgehead atoms. The van der Waals surface area contributed by atoms with Crippen molar-refractivity contribution in [2.45, 2.75) is 0 Å². The first-order chi connectivity index (χ1) is 8.16. The molecule has 1 heterocycles. The van der Waals surface area contributed by atoms with Crippen LogP contribution in [0.25, 0.3) is 10.9 Å². The van der Waals surface area contributed by atoms with E-state index < -0.39 is 0 Å². The molecule has 1 aromatic heterocycles. The standard InChI is InChI=1S/C13H14N2O2/c1-15(2)13(16)9-17-11-5-6-12-10(8-11)4-3-7-14-12/h3-8H,9H2,1-2H3. The third-order valence-electron chi connectivity index (χ3n) is 2.44. The van der Waals surface area contributed by atoms with Gasteiger partial charge in [-0.05, 0) is 24.3 Å². The minimum Gasteiger partial charge on any atom is -0.484 e. The lowest BCUT2D eigenvalue weighted by Gasteiger charge is -2.11. The van der Waals surface area contributed by atoms with Crippen LogP contribution in [0.3, 0.4) is 0 Å². The van der Waals surface area contributed by atoms with Gasteiger partial charge in [-0.1, -0.05) is 6.07 Å². The van der Waals surface area contributed by atoms with E-state index >= 15 is 0 Å². The minimum atomic E-state index is -0.0590. The van der Waals surface area contributed by atoms with E-state index in [2.05, 4.69) is 4.98 Å². The summed E-state index contributed by atoms with van der Waals surface area (Å²) in [6.07, 6.45) is 1.75. The Balaban J connectivity index is 2.12. The molecule has 0 aliphatic rings. The van der Waals surface area contributed by atoms with Crippen LogP contribution in [0.1, 0.15) is 0 Å². The second-order valence-corrected chi connectivity index (χ2v) is 3.93. The number of hydrogen-bond acceptors (Lipinski definition) is 3. The smallest absolute Gasteiger partial charge is 0.259 e. The summed E-state index contributed by atoms with van der Waals surface area (Å²) in [7, 11) is 3.41. The van der Waals surface area contributed by atoms with Gasteiger partial charge in [-0.15, -0.1) is 0 Å². The lowest BCUT2D eigenvalue weighted by Crippen LogP contribution is -2.27. The van der Waals surface area contributed by atoms with E-state index in [1.165, 1.54) is 4.90 Å². The van der Waals surface area contributed by atoms with Crippen molar-refractivity contribution in [2.75, 3.05) is 20.7 Å². The number of ether oxygens (including phenoxy) is 1. The van der Waals surface area contributed by atoms with Crippen LogP contribution in [-0.2, 0) is 4.79 Å². The van der Waals surface area contributed by atoms with Gasteiger partial charge in [-0.2, -0.15) is 0 Å². The largest absolute Gasteiger partial charge is 0.484 e. The van der Waals surface area contributed by atoms with E-state index in [1.54, 1.807) is 20.3 Å². The Labute approximate surface area is 99.8 Å². The first kappa shape index (κ1) is 11.4. The molecule has 0 N–H and O–H groups in total. The number of pyridine rings is 1. The van der Waals surface area contributed by atoms with E-state index in [0.717, 1.165) is 10.9 Å². The van der Waals surface area contributed by atoms with E-state index in [4.69, 9.17) is 4.74 Å². The first-order valence-electron chi connectivity index (χ1n) is 5.34. The van der Waals surface area contributed by atoms with Gasteiger partial charge in [0.05, 0.1) is 5.52 Å². The highest BCUT2D eigenvalue weighted by Gasteiger charge is 2.05. The maximum atomic E-state index is 11.4.